The number of amides is 1. The van der Waals surface area contributed by atoms with Crippen molar-refractivity contribution in [3.05, 3.63) is 48.0 Å². The van der Waals surface area contributed by atoms with E-state index < -0.39 is 0 Å². The predicted molar refractivity (Wildman–Crippen MR) is 105 cm³/mol. The smallest absolute Gasteiger partial charge is 0.231 e. The van der Waals surface area contributed by atoms with E-state index in [-0.39, 0.29) is 31.0 Å². The normalized spacial score (nSPS) is 15.7. The van der Waals surface area contributed by atoms with Gasteiger partial charge in [0, 0.05) is 17.7 Å². The minimum atomic E-state index is 0. The summed E-state index contributed by atoms with van der Waals surface area (Å²) in [4.78, 5) is 12.4. The van der Waals surface area contributed by atoms with Crippen LogP contribution in [0.2, 0.25) is 0 Å². The summed E-state index contributed by atoms with van der Waals surface area (Å²) in [6.07, 6.45) is 1.78. The first-order chi connectivity index (χ1) is 12.8. The quantitative estimate of drug-likeness (QED) is 0.819. The summed E-state index contributed by atoms with van der Waals surface area (Å²) in [5, 5.41) is 6.30. The Labute approximate surface area is 164 Å². The first-order valence-electron chi connectivity index (χ1n) is 8.91. The molecule has 144 valence electrons. The minimum Gasteiger partial charge on any atom is -0.489 e. The molecule has 0 aliphatic carbocycles. The summed E-state index contributed by atoms with van der Waals surface area (Å²) in [7, 11) is 0. The minimum absolute atomic E-state index is 0. The molecular formula is C20H23ClN2O4. The molecule has 2 heterocycles. The first kappa shape index (κ1) is 19.3. The highest BCUT2D eigenvalue weighted by atomic mass is 35.5. The molecule has 0 bridgehead atoms. The fourth-order valence-electron chi connectivity index (χ4n) is 3.20. The van der Waals surface area contributed by atoms with E-state index in [1.807, 2.05) is 42.5 Å². The molecule has 6 nitrogen and oxygen atoms in total. The largest absolute Gasteiger partial charge is 0.489 e. The number of benzene rings is 2. The summed E-state index contributed by atoms with van der Waals surface area (Å²) >= 11 is 0. The van der Waals surface area contributed by atoms with Gasteiger partial charge >= 0.3 is 0 Å². The van der Waals surface area contributed by atoms with Crippen molar-refractivity contribution >= 4 is 24.0 Å². The molecule has 0 spiro atoms. The van der Waals surface area contributed by atoms with Crippen molar-refractivity contribution in [3.63, 3.8) is 0 Å². The summed E-state index contributed by atoms with van der Waals surface area (Å²) in [6.45, 7) is 2.47. The fourth-order valence-corrected chi connectivity index (χ4v) is 3.20. The Kier molecular flexibility index (Phi) is 6.42. The first-order valence-corrected chi connectivity index (χ1v) is 8.91. The highest BCUT2D eigenvalue weighted by Gasteiger charge is 2.20. The Morgan fingerprint density at radius 1 is 1.11 bits per heavy atom. The fraction of sp³-hybridized carbons (Fsp3) is 0.350. The van der Waals surface area contributed by atoms with Crippen molar-refractivity contribution in [2.45, 2.75) is 19.4 Å². The number of nitrogens with one attached hydrogen (secondary N) is 2. The summed E-state index contributed by atoms with van der Waals surface area (Å²) < 4.78 is 16.5. The molecule has 1 fully saturated rings. The lowest BCUT2D eigenvalue weighted by Crippen LogP contribution is -2.34. The van der Waals surface area contributed by atoms with Gasteiger partial charge in [0.25, 0.3) is 0 Å². The number of anilines is 1. The SMILES string of the molecule is Cl.O=C(Nc1cccc(COc2ccc3c(c2)OCO3)c1)C1CCNCC1. The maximum absolute atomic E-state index is 12.4. The van der Waals surface area contributed by atoms with E-state index in [9.17, 15) is 4.79 Å². The highest BCUT2D eigenvalue weighted by Crippen LogP contribution is 2.35. The summed E-state index contributed by atoms with van der Waals surface area (Å²) in [6, 6.07) is 13.3. The van der Waals surface area contributed by atoms with Gasteiger partial charge in [0.2, 0.25) is 12.7 Å². The van der Waals surface area contributed by atoms with Crippen LogP contribution in [-0.2, 0) is 11.4 Å². The van der Waals surface area contributed by atoms with Crippen LogP contribution in [0.5, 0.6) is 17.2 Å². The summed E-state index contributed by atoms with van der Waals surface area (Å²) in [5.41, 5.74) is 1.80. The van der Waals surface area contributed by atoms with Gasteiger partial charge in [0.1, 0.15) is 12.4 Å². The number of fused-ring (bicyclic) bond motifs is 1. The Morgan fingerprint density at radius 2 is 1.93 bits per heavy atom. The zero-order valence-corrected chi connectivity index (χ0v) is 15.7. The van der Waals surface area contributed by atoms with Crippen LogP contribution < -0.4 is 24.8 Å². The summed E-state index contributed by atoms with van der Waals surface area (Å²) in [5.74, 6) is 2.34. The molecule has 0 saturated carbocycles. The molecule has 4 rings (SSSR count). The van der Waals surface area contributed by atoms with E-state index in [0.717, 1.165) is 48.7 Å². The molecule has 27 heavy (non-hydrogen) atoms. The Bertz CT molecular complexity index is 793. The van der Waals surface area contributed by atoms with Crippen LogP contribution in [0.3, 0.4) is 0 Å². The van der Waals surface area contributed by atoms with Crippen molar-refractivity contribution in [2.75, 3.05) is 25.2 Å². The number of carbonyl (C=O) groups is 1. The van der Waals surface area contributed by atoms with Gasteiger partial charge in [-0.15, -0.1) is 12.4 Å². The topological polar surface area (TPSA) is 68.8 Å². The number of rotatable bonds is 5. The lowest BCUT2D eigenvalue weighted by atomic mass is 9.97. The second-order valence-electron chi connectivity index (χ2n) is 6.52. The van der Waals surface area contributed by atoms with Crippen LogP contribution in [0.4, 0.5) is 5.69 Å². The van der Waals surface area contributed by atoms with Gasteiger partial charge < -0.3 is 24.8 Å². The Hall–Kier alpha value is -2.44. The van der Waals surface area contributed by atoms with Crippen LogP contribution in [0, 0.1) is 5.92 Å². The lowest BCUT2D eigenvalue weighted by molar-refractivity contribution is -0.120. The van der Waals surface area contributed by atoms with Gasteiger partial charge in [-0.2, -0.15) is 0 Å². The van der Waals surface area contributed by atoms with Crippen LogP contribution in [0.1, 0.15) is 18.4 Å². The van der Waals surface area contributed by atoms with Gasteiger partial charge in [-0.3, -0.25) is 4.79 Å². The Balaban J connectivity index is 0.00000210. The maximum Gasteiger partial charge on any atom is 0.231 e. The molecule has 1 amide bonds. The molecule has 2 aromatic rings. The molecule has 2 N–H and O–H groups in total. The van der Waals surface area contributed by atoms with E-state index >= 15 is 0 Å². The van der Waals surface area contributed by atoms with Crippen LogP contribution in [-0.4, -0.2) is 25.8 Å². The van der Waals surface area contributed by atoms with Crippen molar-refractivity contribution in [2.24, 2.45) is 5.92 Å². The maximum atomic E-state index is 12.4. The molecular weight excluding hydrogens is 368 g/mol. The predicted octanol–water partition coefficient (Wildman–Crippen LogP) is 3.35. The third-order valence-corrected chi connectivity index (χ3v) is 4.65. The molecule has 0 aromatic heterocycles. The van der Waals surface area contributed by atoms with Crippen molar-refractivity contribution < 1.29 is 19.0 Å². The van der Waals surface area contributed by atoms with Crippen LogP contribution >= 0.6 is 12.4 Å². The third-order valence-electron chi connectivity index (χ3n) is 4.65. The van der Waals surface area contributed by atoms with Gasteiger partial charge in [-0.25, -0.2) is 0 Å². The van der Waals surface area contributed by atoms with Gasteiger partial charge in [-0.1, -0.05) is 12.1 Å². The number of piperidine rings is 1. The van der Waals surface area contributed by atoms with Gasteiger partial charge in [0.05, 0.1) is 0 Å². The Morgan fingerprint density at radius 3 is 2.78 bits per heavy atom. The van der Waals surface area contributed by atoms with Gasteiger partial charge in [0.15, 0.2) is 11.5 Å². The standard InChI is InChI=1S/C20H22N2O4.ClH/c23-20(15-6-8-21-9-7-15)22-16-3-1-2-14(10-16)12-24-17-4-5-18-19(11-17)26-13-25-18;/h1-5,10-11,15,21H,6-9,12-13H2,(H,22,23);1H. The number of halogens is 1. The number of hydrogen-bond donors (Lipinski definition) is 2. The van der Waals surface area contributed by atoms with E-state index in [2.05, 4.69) is 10.6 Å². The monoisotopic (exact) mass is 390 g/mol. The second-order valence-corrected chi connectivity index (χ2v) is 6.52. The van der Waals surface area contributed by atoms with Gasteiger partial charge in [-0.05, 0) is 55.8 Å². The van der Waals surface area contributed by atoms with Crippen molar-refractivity contribution in [3.8, 4) is 17.2 Å². The van der Waals surface area contributed by atoms with E-state index in [1.165, 1.54) is 0 Å². The zero-order valence-electron chi connectivity index (χ0n) is 14.9. The molecule has 0 unspecified atom stereocenters. The zero-order chi connectivity index (χ0) is 17.8. The molecule has 2 aliphatic heterocycles. The average molecular weight is 391 g/mol. The second kappa shape index (κ2) is 8.97. The molecule has 1 saturated heterocycles. The molecule has 0 atom stereocenters. The average Bonchev–Trinajstić information content (AvgIpc) is 3.15. The number of hydrogen-bond acceptors (Lipinski definition) is 5. The number of ether oxygens (including phenoxy) is 3. The van der Waals surface area contributed by atoms with Crippen molar-refractivity contribution in [1.82, 2.24) is 5.32 Å². The van der Waals surface area contributed by atoms with Crippen molar-refractivity contribution in [1.29, 1.82) is 0 Å². The lowest BCUT2D eigenvalue weighted by Gasteiger charge is -2.21. The van der Waals surface area contributed by atoms with E-state index in [4.69, 9.17) is 14.2 Å². The third kappa shape index (κ3) is 4.84. The molecule has 0 radical (unpaired) electrons. The highest BCUT2D eigenvalue weighted by molar-refractivity contribution is 5.92. The van der Waals surface area contributed by atoms with E-state index in [0.29, 0.717) is 12.4 Å². The van der Waals surface area contributed by atoms with Crippen LogP contribution in [0.25, 0.3) is 0 Å². The molecule has 2 aliphatic rings. The van der Waals surface area contributed by atoms with Crippen LogP contribution in [0.15, 0.2) is 42.5 Å². The van der Waals surface area contributed by atoms with E-state index in [1.54, 1.807) is 0 Å². The molecule has 2 aromatic carbocycles. The molecule has 7 heteroatoms. The number of carbonyl (C=O) groups excluding carboxylic acids is 1.